The Kier molecular flexibility index (Phi) is 40.2. The highest BCUT2D eigenvalue weighted by molar-refractivity contribution is 5.50. The van der Waals surface area contributed by atoms with E-state index in [1.54, 1.807) is 0 Å². The van der Waals surface area contributed by atoms with Crippen LogP contribution in [0.25, 0.3) is 0 Å². The van der Waals surface area contributed by atoms with Crippen LogP contribution in [0.5, 0.6) is 0 Å². The molecule has 8 rings (SSSR count). The summed E-state index contributed by atoms with van der Waals surface area (Å²) in [5.41, 5.74) is -0.556. The number of nitrogens with zero attached hydrogens (tertiary/aromatic N) is 17. The minimum atomic E-state index is -0.101. The van der Waals surface area contributed by atoms with Gasteiger partial charge in [-0.3, -0.25) is 0 Å². The topological polar surface area (TPSA) is 202 Å². The summed E-state index contributed by atoms with van der Waals surface area (Å²) >= 11 is 0. The van der Waals surface area contributed by atoms with Crippen LogP contribution in [0.2, 0.25) is 0 Å². The number of rotatable bonds is 55. The largest absolute Gasteiger partial charge is 0.341 e. The van der Waals surface area contributed by atoms with Crippen molar-refractivity contribution in [3.8, 4) is 0 Å². The Labute approximate surface area is 755 Å². The van der Waals surface area contributed by atoms with Gasteiger partial charge in [-0.15, -0.1) is 0 Å². The highest BCUT2D eigenvalue weighted by atomic mass is 15.4. The molecule has 0 radical (unpaired) electrons. The first-order valence-electron chi connectivity index (χ1n) is 51.4. The molecular weight excluding hydrogens is 1520 g/mol. The molecule has 3 aromatic rings. The van der Waals surface area contributed by atoms with Gasteiger partial charge in [0.1, 0.15) is 5.82 Å². The summed E-state index contributed by atoms with van der Waals surface area (Å²) in [6, 6.07) is 0.996. The summed E-state index contributed by atoms with van der Waals surface area (Å²) in [4.78, 5) is 72.7. The maximum atomic E-state index is 6.10. The van der Waals surface area contributed by atoms with E-state index in [4.69, 9.17) is 44.9 Å². The Balaban J connectivity index is 1.18. The quantitative estimate of drug-likeness (QED) is 0.0334. The molecule has 0 aliphatic carbocycles. The summed E-state index contributed by atoms with van der Waals surface area (Å²) in [6.45, 7) is 76.5. The Morgan fingerprint density at radius 3 is 0.715 bits per heavy atom. The molecule has 2 atom stereocenters. The molecule has 8 heterocycles. The third-order valence-corrected chi connectivity index (χ3v) is 27.4. The van der Waals surface area contributed by atoms with Crippen LogP contribution in [0, 0.1) is 5.92 Å². The first-order chi connectivity index (χ1) is 58.1. The second kappa shape index (κ2) is 47.7. The third kappa shape index (κ3) is 33.0. The minimum absolute atomic E-state index is 0.0363. The van der Waals surface area contributed by atoms with E-state index in [1.807, 2.05) is 0 Å². The smallest absolute Gasteiger partial charge is 0.232 e. The molecule has 22 heteroatoms. The summed E-state index contributed by atoms with van der Waals surface area (Å²) in [5, 5.41) is 20.3. The predicted octanol–water partition coefficient (Wildman–Crippen LogP) is 21.9. The Hall–Kier alpha value is -4.77. The summed E-state index contributed by atoms with van der Waals surface area (Å²) in [7, 11) is 0. The fourth-order valence-corrected chi connectivity index (χ4v) is 22.7. The molecule has 2 unspecified atom stereocenters. The highest BCUT2D eigenvalue weighted by Gasteiger charge is 2.47. The van der Waals surface area contributed by atoms with Crippen LogP contribution in [-0.2, 0) is 0 Å². The molecule has 0 bridgehead atoms. The minimum Gasteiger partial charge on any atom is -0.341 e. The second-order valence-electron chi connectivity index (χ2n) is 45.3. The first kappa shape index (κ1) is 104. The fourth-order valence-electron chi connectivity index (χ4n) is 22.7. The van der Waals surface area contributed by atoms with Gasteiger partial charge in [-0.1, -0.05) is 152 Å². The van der Waals surface area contributed by atoms with E-state index in [2.05, 4.69) is 253 Å². The molecule has 5 fully saturated rings. The summed E-state index contributed by atoms with van der Waals surface area (Å²) in [6.07, 6.45) is 40.2. The zero-order valence-corrected chi connectivity index (χ0v) is 84.9. The zero-order chi connectivity index (χ0) is 90.0. The third-order valence-electron chi connectivity index (χ3n) is 27.4. The van der Waals surface area contributed by atoms with Crippen LogP contribution >= 0.6 is 0 Å². The maximum Gasteiger partial charge on any atom is 0.232 e. The molecule has 3 aromatic heterocycles. The van der Waals surface area contributed by atoms with E-state index >= 15 is 0 Å². The zero-order valence-electron chi connectivity index (χ0n) is 84.9. The number of nitrogens with one attached hydrogen (secondary N) is 5. The lowest BCUT2D eigenvalue weighted by Crippen LogP contribution is -2.62. The van der Waals surface area contributed by atoms with Crippen molar-refractivity contribution in [1.29, 1.82) is 0 Å². The molecule has 123 heavy (non-hydrogen) atoms. The summed E-state index contributed by atoms with van der Waals surface area (Å²) < 4.78 is 0. The standard InChI is InChI=1S/C101H192N22/c1-28-37-54-83(78-69-94(12,13)112-95(14,15)70-78)84-103-89(120(79-55-56-102-93(10,11)71-79)65-50-46-47-52-67-122(81-74-98(20,21)114-99(22,23)75-81)91-107-85(116(57-38-29-2)58-39-30-3)105-86(108-91)117(59-40-31-4)60-41-32-5)111-90(104-84)121(80-72-96(16,17)113-97(18,19)73-80)66-51-48-49-53-68-123(82-76-100(24,25)115-101(26,27)77-82)92-109-87(118(61-42-33-6)62-43-34-7)106-88(110-92)119(63-44-35-8)64-45-36-9/h78-83,102,112-115H,28-77H2,1-27H3. The average molecular weight is 1710 g/mol. The van der Waals surface area contributed by atoms with Crippen molar-refractivity contribution < 1.29 is 0 Å². The van der Waals surface area contributed by atoms with Crippen LogP contribution < -0.4 is 65.8 Å². The number of unbranched alkanes of at least 4 members (excludes halogenated alkanes) is 15. The van der Waals surface area contributed by atoms with Crippen molar-refractivity contribution in [1.82, 2.24) is 71.4 Å². The average Bonchev–Trinajstić information content (AvgIpc) is 0.794. The molecule has 0 spiro atoms. The van der Waals surface area contributed by atoms with E-state index in [0.717, 1.165) is 376 Å². The van der Waals surface area contributed by atoms with Crippen molar-refractivity contribution in [3.63, 3.8) is 0 Å². The number of hydrogen-bond donors (Lipinski definition) is 5. The molecule has 5 N–H and O–H groups in total. The Morgan fingerprint density at radius 2 is 0.463 bits per heavy atom. The number of aromatic nitrogens is 9. The van der Waals surface area contributed by atoms with Crippen molar-refractivity contribution in [2.75, 3.05) is 124 Å². The van der Waals surface area contributed by atoms with Gasteiger partial charge >= 0.3 is 0 Å². The van der Waals surface area contributed by atoms with Crippen LogP contribution in [0.3, 0.4) is 0 Å². The molecular formula is C101H192N22. The normalized spacial score (nSPS) is 20.8. The molecule has 5 aliphatic heterocycles. The lowest BCUT2D eigenvalue weighted by Gasteiger charge is -2.50. The van der Waals surface area contributed by atoms with E-state index in [9.17, 15) is 0 Å². The van der Waals surface area contributed by atoms with Gasteiger partial charge in [-0.25, -0.2) is 0 Å². The molecule has 0 aromatic carbocycles. The van der Waals surface area contributed by atoms with Gasteiger partial charge in [0.05, 0.1) is 0 Å². The summed E-state index contributed by atoms with van der Waals surface area (Å²) in [5.74, 6) is 8.59. The van der Waals surface area contributed by atoms with E-state index in [0.29, 0.717) is 5.92 Å². The van der Waals surface area contributed by atoms with E-state index in [1.165, 1.54) is 0 Å². The highest BCUT2D eigenvalue weighted by Crippen LogP contribution is 2.45. The molecule has 706 valence electrons. The SMILES string of the molecule is CCCCC(c1nc(N(CCCCCCN(c2nc(N(CCCC)CCCC)nc(N(CCCC)CCCC)n2)C2CC(C)(C)NC(C)(C)C2)C2CCNC(C)(C)C2)nc(N(CCCCCCN(c2nc(N(CCCC)CCCC)nc(N(CCCC)CCCC)n2)C2CC(C)(C)NC(C)(C)C2)C2CC(C)(C)NC(C)(C)C2)n1)C1CC(C)(C)NC(C)(C)C1. The fraction of sp³-hybridized carbons (Fsp3) is 0.911. The van der Waals surface area contributed by atoms with Gasteiger partial charge in [-0.2, -0.15) is 44.9 Å². The molecule has 5 saturated heterocycles. The number of hydrogen-bond acceptors (Lipinski definition) is 22. The lowest BCUT2D eigenvalue weighted by atomic mass is 9.69. The van der Waals surface area contributed by atoms with Gasteiger partial charge in [0.25, 0.3) is 0 Å². The Bertz CT molecular complexity index is 3340. The van der Waals surface area contributed by atoms with Crippen LogP contribution in [0.15, 0.2) is 0 Å². The van der Waals surface area contributed by atoms with Crippen LogP contribution in [0.4, 0.5) is 47.6 Å². The van der Waals surface area contributed by atoms with Crippen LogP contribution in [-0.4, -0.2) is 204 Å². The molecule has 5 aliphatic rings. The molecule has 0 amide bonds. The predicted molar refractivity (Wildman–Crippen MR) is 528 cm³/mol. The van der Waals surface area contributed by atoms with Gasteiger partial charge in [0.15, 0.2) is 0 Å². The second-order valence-corrected chi connectivity index (χ2v) is 45.3. The Morgan fingerprint density at radius 1 is 0.244 bits per heavy atom. The first-order valence-corrected chi connectivity index (χ1v) is 51.4. The van der Waals surface area contributed by atoms with Gasteiger partial charge in [0.2, 0.25) is 47.6 Å². The number of anilines is 8. The van der Waals surface area contributed by atoms with Crippen molar-refractivity contribution >= 4 is 47.6 Å². The molecule has 22 nitrogen and oxygen atoms in total. The van der Waals surface area contributed by atoms with Gasteiger partial charge in [0, 0.05) is 158 Å². The lowest BCUT2D eigenvalue weighted by molar-refractivity contribution is 0.107. The maximum absolute atomic E-state index is 6.10. The van der Waals surface area contributed by atoms with Crippen molar-refractivity contribution in [3.05, 3.63) is 5.82 Å². The van der Waals surface area contributed by atoms with Crippen molar-refractivity contribution in [2.45, 2.75) is 504 Å². The number of piperidine rings is 5. The van der Waals surface area contributed by atoms with Gasteiger partial charge < -0.3 is 65.8 Å². The van der Waals surface area contributed by atoms with E-state index in [-0.39, 0.29) is 79.9 Å². The van der Waals surface area contributed by atoms with Crippen LogP contribution in [0.1, 0.15) is 436 Å². The molecule has 0 saturated carbocycles. The van der Waals surface area contributed by atoms with Gasteiger partial charge in [-0.05, 0) is 285 Å². The van der Waals surface area contributed by atoms with E-state index < -0.39 is 0 Å². The monoisotopic (exact) mass is 1710 g/mol. The van der Waals surface area contributed by atoms with Crippen molar-refractivity contribution in [2.24, 2.45) is 5.92 Å².